The minimum Gasteiger partial charge on any atom is -0.398 e. The van der Waals surface area contributed by atoms with E-state index in [0.29, 0.717) is 5.69 Å². The molecule has 3 heteroatoms. The predicted octanol–water partition coefficient (Wildman–Crippen LogP) is 2.83. The van der Waals surface area contributed by atoms with Crippen molar-refractivity contribution in [2.24, 2.45) is 0 Å². The molecule has 0 saturated carbocycles. The second kappa shape index (κ2) is 4.78. The monoisotopic (exact) mass is 229 g/mol. The van der Waals surface area contributed by atoms with Gasteiger partial charge in [-0.25, -0.2) is 4.39 Å². The fraction of sp³-hybridized carbons (Fsp3) is 0.0714. The Morgan fingerprint density at radius 3 is 2.53 bits per heavy atom. The van der Waals surface area contributed by atoms with Gasteiger partial charge in [0.1, 0.15) is 5.82 Å². The first-order valence-electron chi connectivity index (χ1n) is 5.29. The summed E-state index contributed by atoms with van der Waals surface area (Å²) in [4.78, 5) is 11.9. The van der Waals surface area contributed by atoms with Gasteiger partial charge < -0.3 is 5.73 Å². The number of hydrogen-bond donors (Lipinski definition) is 1. The number of nitrogens with two attached hydrogens (primary N) is 1. The van der Waals surface area contributed by atoms with Gasteiger partial charge in [-0.15, -0.1) is 0 Å². The molecule has 0 fully saturated rings. The lowest BCUT2D eigenvalue weighted by atomic mass is 10.0. The molecule has 2 aromatic rings. The second-order valence-corrected chi connectivity index (χ2v) is 3.82. The van der Waals surface area contributed by atoms with Gasteiger partial charge in [-0.2, -0.15) is 0 Å². The Bertz CT molecular complexity index is 537. The van der Waals surface area contributed by atoms with Crippen LogP contribution in [0, 0.1) is 5.82 Å². The molecule has 86 valence electrons. The lowest BCUT2D eigenvalue weighted by Crippen LogP contribution is -2.07. The first-order chi connectivity index (χ1) is 8.16. The van der Waals surface area contributed by atoms with Gasteiger partial charge in [0.15, 0.2) is 5.78 Å². The molecular weight excluding hydrogens is 217 g/mol. The van der Waals surface area contributed by atoms with Crippen LogP contribution in [0.15, 0.2) is 48.5 Å². The minimum atomic E-state index is -0.449. The first-order valence-corrected chi connectivity index (χ1v) is 5.29. The lowest BCUT2D eigenvalue weighted by Gasteiger charge is -2.05. The highest BCUT2D eigenvalue weighted by molar-refractivity contribution is 6.01. The predicted molar refractivity (Wildman–Crippen MR) is 65.3 cm³/mol. The number of anilines is 1. The SMILES string of the molecule is Nc1ccc(F)cc1C(=O)Cc1ccccc1. The van der Waals surface area contributed by atoms with Gasteiger partial charge in [-0.05, 0) is 23.8 Å². The molecule has 17 heavy (non-hydrogen) atoms. The van der Waals surface area contributed by atoms with Crippen molar-refractivity contribution in [2.75, 3.05) is 5.73 Å². The number of hydrogen-bond acceptors (Lipinski definition) is 2. The average molecular weight is 229 g/mol. The zero-order chi connectivity index (χ0) is 12.3. The van der Waals surface area contributed by atoms with Gasteiger partial charge >= 0.3 is 0 Å². The topological polar surface area (TPSA) is 43.1 Å². The maximum atomic E-state index is 13.0. The number of rotatable bonds is 3. The number of ketones is 1. The minimum absolute atomic E-state index is 0.173. The van der Waals surface area contributed by atoms with Gasteiger partial charge in [-0.1, -0.05) is 30.3 Å². The molecule has 0 unspecified atom stereocenters. The van der Waals surface area contributed by atoms with Crippen molar-refractivity contribution in [3.05, 3.63) is 65.5 Å². The number of carbonyl (C=O) groups excluding carboxylic acids is 1. The van der Waals surface area contributed by atoms with Crippen LogP contribution in [0.25, 0.3) is 0 Å². The Labute approximate surface area is 98.9 Å². The van der Waals surface area contributed by atoms with E-state index in [1.165, 1.54) is 18.2 Å². The average Bonchev–Trinajstić information content (AvgIpc) is 2.33. The van der Waals surface area contributed by atoms with Crippen molar-refractivity contribution < 1.29 is 9.18 Å². The highest BCUT2D eigenvalue weighted by atomic mass is 19.1. The van der Waals surface area contributed by atoms with Crippen LogP contribution >= 0.6 is 0 Å². The highest BCUT2D eigenvalue weighted by Gasteiger charge is 2.11. The molecule has 2 nitrogen and oxygen atoms in total. The summed E-state index contributed by atoms with van der Waals surface area (Å²) in [5, 5.41) is 0. The number of nitrogen functional groups attached to an aromatic ring is 1. The zero-order valence-corrected chi connectivity index (χ0v) is 9.19. The van der Waals surface area contributed by atoms with Gasteiger partial charge in [0, 0.05) is 17.7 Å². The molecule has 2 N–H and O–H groups in total. The van der Waals surface area contributed by atoms with E-state index in [-0.39, 0.29) is 17.8 Å². The van der Waals surface area contributed by atoms with Crippen molar-refractivity contribution in [2.45, 2.75) is 6.42 Å². The van der Waals surface area contributed by atoms with Crippen molar-refractivity contribution in [1.29, 1.82) is 0 Å². The summed E-state index contributed by atoms with van der Waals surface area (Å²) in [7, 11) is 0. The molecule has 0 atom stereocenters. The number of carbonyl (C=O) groups is 1. The summed E-state index contributed by atoms with van der Waals surface area (Å²) in [6.07, 6.45) is 0.231. The van der Waals surface area contributed by atoms with E-state index < -0.39 is 5.82 Å². The van der Waals surface area contributed by atoms with Crippen LogP contribution in [0.4, 0.5) is 10.1 Å². The number of halogens is 1. The van der Waals surface area contributed by atoms with E-state index in [1.807, 2.05) is 30.3 Å². The smallest absolute Gasteiger partial charge is 0.169 e. The van der Waals surface area contributed by atoms with Crippen molar-refractivity contribution >= 4 is 11.5 Å². The van der Waals surface area contributed by atoms with Crippen LogP contribution in [-0.2, 0) is 6.42 Å². The molecule has 0 saturated heterocycles. The van der Waals surface area contributed by atoms with Crippen LogP contribution in [0.1, 0.15) is 15.9 Å². The Hall–Kier alpha value is -2.16. The number of Topliss-reactive ketones (excluding diaryl/α,β-unsaturated/α-hetero) is 1. The quantitative estimate of drug-likeness (QED) is 0.649. The fourth-order valence-electron chi connectivity index (χ4n) is 1.65. The van der Waals surface area contributed by atoms with Crippen LogP contribution < -0.4 is 5.73 Å². The lowest BCUT2D eigenvalue weighted by molar-refractivity contribution is 0.0993. The van der Waals surface area contributed by atoms with Crippen LogP contribution in [-0.4, -0.2) is 5.78 Å². The van der Waals surface area contributed by atoms with Crippen LogP contribution in [0.3, 0.4) is 0 Å². The third-order valence-electron chi connectivity index (χ3n) is 2.52. The summed E-state index contributed by atoms with van der Waals surface area (Å²) in [5.41, 5.74) is 7.10. The molecule has 0 aliphatic carbocycles. The molecule has 2 rings (SSSR count). The van der Waals surface area contributed by atoms with Crippen molar-refractivity contribution in [3.63, 3.8) is 0 Å². The Morgan fingerprint density at radius 1 is 1.12 bits per heavy atom. The third-order valence-corrected chi connectivity index (χ3v) is 2.52. The molecular formula is C14H12FNO. The molecule has 0 aromatic heterocycles. The van der Waals surface area contributed by atoms with Crippen molar-refractivity contribution in [3.8, 4) is 0 Å². The van der Waals surface area contributed by atoms with Gasteiger partial charge in [0.25, 0.3) is 0 Å². The van der Waals surface area contributed by atoms with E-state index in [9.17, 15) is 9.18 Å². The van der Waals surface area contributed by atoms with Gasteiger partial charge in [-0.3, -0.25) is 4.79 Å². The highest BCUT2D eigenvalue weighted by Crippen LogP contribution is 2.16. The molecule has 0 bridgehead atoms. The van der Waals surface area contributed by atoms with Gasteiger partial charge in [0.05, 0.1) is 0 Å². The van der Waals surface area contributed by atoms with Crippen LogP contribution in [0.5, 0.6) is 0 Å². The third kappa shape index (κ3) is 2.69. The maximum absolute atomic E-state index is 13.0. The maximum Gasteiger partial charge on any atom is 0.169 e. The first kappa shape index (κ1) is 11.3. The molecule has 0 aliphatic heterocycles. The summed E-state index contributed by atoms with van der Waals surface area (Å²) in [5.74, 6) is -0.621. The molecule has 0 amide bonds. The molecule has 0 radical (unpaired) electrons. The second-order valence-electron chi connectivity index (χ2n) is 3.82. The Morgan fingerprint density at radius 2 is 1.82 bits per heavy atom. The normalized spacial score (nSPS) is 10.2. The molecule has 0 spiro atoms. The van der Waals surface area contributed by atoms with Crippen LogP contribution in [0.2, 0.25) is 0 Å². The van der Waals surface area contributed by atoms with E-state index in [0.717, 1.165) is 5.56 Å². The van der Waals surface area contributed by atoms with E-state index in [2.05, 4.69) is 0 Å². The Balaban J connectivity index is 2.23. The standard InChI is InChI=1S/C14H12FNO/c15-11-6-7-13(16)12(9-11)14(17)8-10-4-2-1-3-5-10/h1-7,9H,8,16H2. The Kier molecular flexibility index (Phi) is 3.19. The zero-order valence-electron chi connectivity index (χ0n) is 9.19. The largest absolute Gasteiger partial charge is 0.398 e. The molecule has 0 aliphatic rings. The van der Waals surface area contributed by atoms with Gasteiger partial charge in [0.2, 0.25) is 0 Å². The van der Waals surface area contributed by atoms with Crippen molar-refractivity contribution in [1.82, 2.24) is 0 Å². The summed E-state index contributed by atoms with van der Waals surface area (Å²) in [6.45, 7) is 0. The number of benzene rings is 2. The molecule has 2 aromatic carbocycles. The summed E-state index contributed by atoms with van der Waals surface area (Å²) >= 11 is 0. The van der Waals surface area contributed by atoms with E-state index in [4.69, 9.17) is 5.73 Å². The summed E-state index contributed by atoms with van der Waals surface area (Å²) in [6, 6.07) is 13.1. The van der Waals surface area contributed by atoms with E-state index >= 15 is 0 Å². The fourth-order valence-corrected chi connectivity index (χ4v) is 1.65. The summed E-state index contributed by atoms with van der Waals surface area (Å²) < 4.78 is 13.0. The van der Waals surface area contributed by atoms with E-state index in [1.54, 1.807) is 0 Å². The molecule has 0 heterocycles.